The summed E-state index contributed by atoms with van der Waals surface area (Å²) < 4.78 is 11.5. The lowest BCUT2D eigenvalue weighted by atomic mass is 10.0. The fourth-order valence-corrected chi connectivity index (χ4v) is 2.81. The van der Waals surface area contributed by atoms with E-state index < -0.39 is 0 Å². The van der Waals surface area contributed by atoms with E-state index in [0.29, 0.717) is 18.2 Å². The zero-order valence-corrected chi connectivity index (χ0v) is 16.7. The molecule has 1 N–H and O–H groups in total. The zero-order valence-electron chi connectivity index (χ0n) is 16.7. The quantitative estimate of drug-likeness (QED) is 0.510. The Kier molecular flexibility index (Phi) is 8.69. The highest BCUT2D eigenvalue weighted by molar-refractivity contribution is 5.92. The molecule has 0 aliphatic rings. The van der Waals surface area contributed by atoms with Gasteiger partial charge in [0.05, 0.1) is 6.61 Å². The maximum Gasteiger partial charge on any atom is 0.262 e. The average Bonchev–Trinajstić information content (AvgIpc) is 2.66. The highest BCUT2D eigenvalue weighted by Gasteiger charge is 2.09. The Hall–Kier alpha value is -2.49. The van der Waals surface area contributed by atoms with Gasteiger partial charge in [-0.2, -0.15) is 0 Å². The molecular formula is C23H31NO3. The molecule has 0 radical (unpaired) electrons. The lowest BCUT2D eigenvalue weighted by molar-refractivity contribution is -0.118. The van der Waals surface area contributed by atoms with Crippen molar-refractivity contribution in [1.29, 1.82) is 0 Å². The Labute approximate surface area is 162 Å². The Bertz CT molecular complexity index is 712. The van der Waals surface area contributed by atoms with Crippen LogP contribution < -0.4 is 14.8 Å². The van der Waals surface area contributed by atoms with Gasteiger partial charge in [-0.25, -0.2) is 0 Å². The molecule has 2 aromatic carbocycles. The van der Waals surface area contributed by atoms with Crippen LogP contribution in [0.3, 0.4) is 0 Å². The first-order valence-electron chi connectivity index (χ1n) is 9.84. The van der Waals surface area contributed by atoms with Crippen molar-refractivity contribution >= 4 is 11.6 Å². The molecule has 0 aromatic heterocycles. The Morgan fingerprint density at radius 1 is 1.00 bits per heavy atom. The van der Waals surface area contributed by atoms with Crippen LogP contribution in [0.2, 0.25) is 0 Å². The lowest BCUT2D eigenvalue weighted by Crippen LogP contribution is -2.20. The third-order valence-corrected chi connectivity index (χ3v) is 4.28. The number of amides is 1. The summed E-state index contributed by atoms with van der Waals surface area (Å²) >= 11 is 0. The zero-order chi connectivity index (χ0) is 19.5. The summed E-state index contributed by atoms with van der Waals surface area (Å²) in [5, 5.41) is 2.87. The summed E-state index contributed by atoms with van der Waals surface area (Å²) in [6.07, 6.45) is 4.68. The minimum atomic E-state index is -0.186. The summed E-state index contributed by atoms with van der Waals surface area (Å²) in [6, 6.07) is 15.3. The first-order valence-corrected chi connectivity index (χ1v) is 9.84. The van der Waals surface area contributed by atoms with Crippen LogP contribution in [0.4, 0.5) is 5.69 Å². The molecule has 4 nitrogen and oxygen atoms in total. The van der Waals surface area contributed by atoms with Gasteiger partial charge in [-0.3, -0.25) is 4.79 Å². The van der Waals surface area contributed by atoms with E-state index in [1.165, 1.54) is 19.3 Å². The molecule has 0 spiro atoms. The Morgan fingerprint density at radius 2 is 1.81 bits per heavy atom. The molecule has 0 aliphatic heterocycles. The largest absolute Gasteiger partial charge is 0.494 e. The molecule has 0 heterocycles. The molecule has 0 saturated carbocycles. The highest BCUT2D eigenvalue weighted by Crippen LogP contribution is 2.25. The minimum absolute atomic E-state index is 0.0220. The number of unbranched alkanes of at least 4 members (excludes halogenated alkanes) is 3. The van der Waals surface area contributed by atoms with Gasteiger partial charge < -0.3 is 14.8 Å². The minimum Gasteiger partial charge on any atom is -0.494 e. The van der Waals surface area contributed by atoms with E-state index in [2.05, 4.69) is 26.1 Å². The number of ether oxygens (including phenoxy) is 2. The molecule has 0 bridgehead atoms. The number of anilines is 1. The third-order valence-electron chi connectivity index (χ3n) is 4.28. The van der Waals surface area contributed by atoms with Gasteiger partial charge in [0.25, 0.3) is 5.91 Å². The van der Waals surface area contributed by atoms with Crippen molar-refractivity contribution in [3.8, 4) is 11.5 Å². The van der Waals surface area contributed by atoms with E-state index in [1.807, 2.05) is 48.5 Å². The Balaban J connectivity index is 1.83. The maximum absolute atomic E-state index is 12.2. The van der Waals surface area contributed by atoms with Crippen molar-refractivity contribution in [3.05, 3.63) is 54.1 Å². The third kappa shape index (κ3) is 7.33. The first kappa shape index (κ1) is 20.8. The van der Waals surface area contributed by atoms with Crippen LogP contribution in [0.25, 0.3) is 0 Å². The molecule has 0 atom stereocenters. The summed E-state index contributed by atoms with van der Waals surface area (Å²) in [4.78, 5) is 12.2. The van der Waals surface area contributed by atoms with Crippen molar-refractivity contribution in [2.75, 3.05) is 18.5 Å². The van der Waals surface area contributed by atoms with Gasteiger partial charge in [-0.1, -0.05) is 64.3 Å². The number of hydrogen-bond acceptors (Lipinski definition) is 3. The highest BCUT2D eigenvalue weighted by atomic mass is 16.5. The summed E-state index contributed by atoms with van der Waals surface area (Å²) in [6.45, 7) is 7.09. The molecule has 2 rings (SSSR count). The van der Waals surface area contributed by atoms with Crippen LogP contribution in [0.5, 0.6) is 11.5 Å². The number of benzene rings is 2. The lowest BCUT2D eigenvalue weighted by Gasteiger charge is -2.14. The predicted octanol–water partition coefficient (Wildman–Crippen LogP) is 5.79. The van der Waals surface area contributed by atoms with Crippen molar-refractivity contribution in [2.24, 2.45) is 0 Å². The fraction of sp³-hybridized carbons (Fsp3) is 0.435. The summed E-state index contributed by atoms with van der Waals surface area (Å²) in [5.41, 5.74) is 1.82. The first-order chi connectivity index (χ1) is 13.1. The van der Waals surface area contributed by atoms with Gasteiger partial charge in [0.15, 0.2) is 6.61 Å². The molecule has 4 heteroatoms. The van der Waals surface area contributed by atoms with E-state index in [0.717, 1.165) is 23.5 Å². The number of para-hydroxylation sites is 1. The van der Waals surface area contributed by atoms with Crippen LogP contribution in [-0.4, -0.2) is 19.1 Å². The average molecular weight is 370 g/mol. The van der Waals surface area contributed by atoms with Gasteiger partial charge in [-0.05, 0) is 36.1 Å². The standard InChI is InChI=1S/C23H31NO3/c1-4-5-6-9-15-26-20-12-10-11-19(16-20)24-23(25)17-27-22-14-8-7-13-21(22)18(2)3/h7-8,10-14,16,18H,4-6,9,15,17H2,1-3H3,(H,24,25). The number of carbonyl (C=O) groups is 1. The smallest absolute Gasteiger partial charge is 0.262 e. The second kappa shape index (κ2) is 11.3. The van der Waals surface area contributed by atoms with Crippen LogP contribution in [0.15, 0.2) is 48.5 Å². The molecule has 1 amide bonds. The SMILES string of the molecule is CCCCCCOc1cccc(NC(=O)COc2ccccc2C(C)C)c1. The van der Waals surface area contributed by atoms with Crippen LogP contribution in [-0.2, 0) is 4.79 Å². The van der Waals surface area contributed by atoms with E-state index >= 15 is 0 Å². The van der Waals surface area contributed by atoms with Gasteiger partial charge in [0, 0.05) is 11.8 Å². The molecule has 0 aliphatic carbocycles. The number of hydrogen-bond donors (Lipinski definition) is 1. The molecular weight excluding hydrogens is 338 g/mol. The monoisotopic (exact) mass is 369 g/mol. The van der Waals surface area contributed by atoms with E-state index in [-0.39, 0.29) is 12.5 Å². The molecule has 0 unspecified atom stereocenters. The molecule has 0 saturated heterocycles. The van der Waals surface area contributed by atoms with E-state index in [9.17, 15) is 4.79 Å². The number of rotatable bonds is 11. The van der Waals surface area contributed by atoms with Gasteiger partial charge in [-0.15, -0.1) is 0 Å². The molecule has 0 fully saturated rings. The van der Waals surface area contributed by atoms with Crippen LogP contribution in [0, 0.1) is 0 Å². The second-order valence-electron chi connectivity index (χ2n) is 6.97. The van der Waals surface area contributed by atoms with Crippen LogP contribution in [0.1, 0.15) is 57.9 Å². The van der Waals surface area contributed by atoms with Crippen molar-refractivity contribution in [1.82, 2.24) is 0 Å². The number of carbonyl (C=O) groups excluding carboxylic acids is 1. The van der Waals surface area contributed by atoms with Crippen LogP contribution >= 0.6 is 0 Å². The maximum atomic E-state index is 12.2. The molecule has 146 valence electrons. The molecule has 2 aromatic rings. The fourth-order valence-electron chi connectivity index (χ4n) is 2.81. The van der Waals surface area contributed by atoms with Crippen molar-refractivity contribution in [2.45, 2.75) is 52.4 Å². The normalized spacial score (nSPS) is 10.7. The van der Waals surface area contributed by atoms with Gasteiger partial charge in [0.1, 0.15) is 11.5 Å². The van der Waals surface area contributed by atoms with Gasteiger partial charge >= 0.3 is 0 Å². The predicted molar refractivity (Wildman–Crippen MR) is 111 cm³/mol. The Morgan fingerprint density at radius 3 is 2.59 bits per heavy atom. The second-order valence-corrected chi connectivity index (χ2v) is 6.97. The topological polar surface area (TPSA) is 47.6 Å². The van der Waals surface area contributed by atoms with Crippen molar-refractivity contribution in [3.63, 3.8) is 0 Å². The van der Waals surface area contributed by atoms with Crippen molar-refractivity contribution < 1.29 is 14.3 Å². The summed E-state index contributed by atoms with van der Waals surface area (Å²) in [5.74, 6) is 1.69. The summed E-state index contributed by atoms with van der Waals surface area (Å²) in [7, 11) is 0. The van der Waals surface area contributed by atoms with E-state index in [4.69, 9.17) is 9.47 Å². The van der Waals surface area contributed by atoms with Gasteiger partial charge in [0.2, 0.25) is 0 Å². The number of nitrogens with one attached hydrogen (secondary N) is 1. The van der Waals surface area contributed by atoms with E-state index in [1.54, 1.807) is 0 Å². The molecule has 27 heavy (non-hydrogen) atoms.